The smallest absolute Gasteiger partial charge is 0.305 e. The molecule has 1 aliphatic rings. The number of hydrazine groups is 1. The molecule has 1 aromatic carbocycles. The number of nitrogens with two attached hydrogens (primary N) is 3. The summed E-state index contributed by atoms with van der Waals surface area (Å²) in [7, 11) is 1.38. The Morgan fingerprint density at radius 2 is 1.70 bits per heavy atom. The number of carboxylic acids is 1. The molecule has 1 aromatic heterocycles. The van der Waals surface area contributed by atoms with Crippen molar-refractivity contribution in [2.24, 2.45) is 28.2 Å². The highest BCUT2D eigenvalue weighted by atomic mass is 16.4. The fourth-order valence-corrected chi connectivity index (χ4v) is 6.06. The number of unbranched alkanes of at least 4 members (excludes halogenated alkanes) is 2. The number of likely N-dealkylation sites (N-methyl/N-ethyl adjacent to an activating group) is 1. The summed E-state index contributed by atoms with van der Waals surface area (Å²) in [5, 5.41) is 25.1. The van der Waals surface area contributed by atoms with Crippen LogP contribution in [0.15, 0.2) is 41.5 Å². The van der Waals surface area contributed by atoms with Crippen LogP contribution in [0.2, 0.25) is 0 Å². The summed E-state index contributed by atoms with van der Waals surface area (Å²) < 4.78 is 0. The van der Waals surface area contributed by atoms with Crippen molar-refractivity contribution in [1.82, 2.24) is 36.5 Å². The standard InChI is InChI=1S/C38H55N13O9/c1-21(2)32-37(60)51(3)27(8-7-13-43-38(39)40)36(59)46-20-30(53)48-26(17-31(54)55)35(58)45-18-22-14-24(34(57)49-32)16-25(15-22)47-29(52)9-5-4-6-12-42-33(56)23-10-11-28(50-41)44-19-23/h10-11,14-16,19,21,26-27,32H,4-9,12-13,17-18,20,41H2,1-3H3,(H,42,56)(H,44,50)(H,45,58)(H,46,59)(H,47,52)(H,48,53)(H,49,57)(H,54,55)(H4,39,40,43)/t26-,27-,32+/m0/s1. The number of hydrogen-bond donors (Lipinski definition) is 11. The second-order valence-corrected chi connectivity index (χ2v) is 14.4. The number of nitrogen functional groups attached to an aromatic ring is 1. The Hall–Kier alpha value is -6.84. The molecular weight excluding hydrogens is 782 g/mol. The topological polar surface area (TPSA) is 348 Å². The zero-order valence-corrected chi connectivity index (χ0v) is 33.8. The molecule has 0 unspecified atom stereocenters. The number of carbonyl (C=O) groups is 8. The first-order valence-corrected chi connectivity index (χ1v) is 19.3. The van der Waals surface area contributed by atoms with Gasteiger partial charge in [-0.25, -0.2) is 10.8 Å². The third kappa shape index (κ3) is 15.5. The Bertz CT molecular complexity index is 1900. The normalized spacial score (nSPS) is 17.9. The van der Waals surface area contributed by atoms with Gasteiger partial charge in [0.15, 0.2) is 5.96 Å². The summed E-state index contributed by atoms with van der Waals surface area (Å²) in [5.41, 5.74) is 14.1. The predicted molar refractivity (Wildman–Crippen MR) is 220 cm³/mol. The van der Waals surface area contributed by atoms with Gasteiger partial charge in [-0.2, -0.15) is 0 Å². The van der Waals surface area contributed by atoms with Crippen molar-refractivity contribution in [3.8, 4) is 0 Å². The Balaban J connectivity index is 1.82. The summed E-state index contributed by atoms with van der Waals surface area (Å²) in [6.45, 7) is 3.00. The summed E-state index contributed by atoms with van der Waals surface area (Å²) in [6.07, 6.45) is 2.67. The first-order chi connectivity index (χ1) is 28.5. The highest BCUT2D eigenvalue weighted by molar-refractivity contribution is 6.01. The van der Waals surface area contributed by atoms with E-state index in [1.54, 1.807) is 26.0 Å². The molecule has 0 radical (unpaired) electrons. The van der Waals surface area contributed by atoms with Crippen molar-refractivity contribution < 1.29 is 43.5 Å². The average molecular weight is 838 g/mol. The Morgan fingerprint density at radius 3 is 2.35 bits per heavy atom. The third-order valence-corrected chi connectivity index (χ3v) is 9.27. The number of carbonyl (C=O) groups excluding carboxylic acids is 7. The van der Waals surface area contributed by atoms with Gasteiger partial charge in [0.25, 0.3) is 11.8 Å². The fraction of sp³-hybridized carbons (Fsp3) is 0.474. The van der Waals surface area contributed by atoms with Gasteiger partial charge in [0.1, 0.15) is 23.9 Å². The molecule has 60 heavy (non-hydrogen) atoms. The average Bonchev–Trinajstić information content (AvgIpc) is 3.20. The minimum atomic E-state index is -1.55. The van der Waals surface area contributed by atoms with E-state index in [9.17, 15) is 43.5 Å². The van der Waals surface area contributed by atoms with Crippen LogP contribution in [-0.2, 0) is 35.3 Å². The quantitative estimate of drug-likeness (QED) is 0.0306. The van der Waals surface area contributed by atoms with Gasteiger partial charge in [0.05, 0.1) is 18.5 Å². The van der Waals surface area contributed by atoms with Gasteiger partial charge in [-0.05, 0) is 67.5 Å². The fourth-order valence-electron chi connectivity index (χ4n) is 6.06. The maximum absolute atomic E-state index is 14.0. The van der Waals surface area contributed by atoms with Gasteiger partial charge >= 0.3 is 5.97 Å². The van der Waals surface area contributed by atoms with Crippen molar-refractivity contribution in [3.63, 3.8) is 0 Å². The van der Waals surface area contributed by atoms with Gasteiger partial charge in [-0.3, -0.25) is 43.3 Å². The number of aromatic nitrogens is 1. The summed E-state index contributed by atoms with van der Waals surface area (Å²) in [6, 6.07) is 3.65. The number of anilines is 2. The number of nitrogens with zero attached hydrogens (tertiary/aromatic N) is 3. The molecule has 22 heteroatoms. The summed E-state index contributed by atoms with van der Waals surface area (Å²) in [4.78, 5) is 114. The summed E-state index contributed by atoms with van der Waals surface area (Å²) in [5.74, 6) is -0.781. The molecule has 0 aliphatic carbocycles. The Labute approximate surface area is 346 Å². The molecule has 0 fully saturated rings. The van der Waals surface area contributed by atoms with Crippen molar-refractivity contribution in [3.05, 3.63) is 53.2 Å². The monoisotopic (exact) mass is 837 g/mol. The van der Waals surface area contributed by atoms with Crippen LogP contribution in [0.5, 0.6) is 0 Å². The molecule has 2 aromatic rings. The lowest BCUT2D eigenvalue weighted by Crippen LogP contribution is -2.57. The molecule has 3 rings (SSSR count). The number of aliphatic carboxylic acids is 1. The van der Waals surface area contributed by atoms with Gasteiger partial charge < -0.3 is 58.8 Å². The van der Waals surface area contributed by atoms with E-state index >= 15 is 0 Å². The molecule has 14 N–H and O–H groups in total. The molecule has 3 atom stereocenters. The first kappa shape index (κ1) is 47.5. The summed E-state index contributed by atoms with van der Waals surface area (Å²) >= 11 is 0. The van der Waals surface area contributed by atoms with Gasteiger partial charge in [0.2, 0.25) is 29.5 Å². The predicted octanol–water partition coefficient (Wildman–Crippen LogP) is -1.36. The largest absolute Gasteiger partial charge is 0.481 e. The Morgan fingerprint density at radius 1 is 0.967 bits per heavy atom. The van der Waals surface area contributed by atoms with Gasteiger partial charge in [-0.15, -0.1) is 0 Å². The van der Waals surface area contributed by atoms with E-state index in [1.807, 2.05) is 0 Å². The van der Waals surface area contributed by atoms with E-state index in [-0.39, 0.29) is 61.4 Å². The number of hydrogen-bond acceptors (Lipinski definition) is 12. The molecule has 22 nitrogen and oxygen atoms in total. The maximum Gasteiger partial charge on any atom is 0.305 e. The van der Waals surface area contributed by atoms with Crippen LogP contribution in [0.1, 0.15) is 85.1 Å². The van der Waals surface area contributed by atoms with Crippen molar-refractivity contribution >= 4 is 64.8 Å². The zero-order chi connectivity index (χ0) is 44.4. The number of rotatable bonds is 16. The number of fused-ring (bicyclic) bond motifs is 2. The van der Waals surface area contributed by atoms with Crippen LogP contribution in [0.3, 0.4) is 0 Å². The number of amides is 7. The van der Waals surface area contributed by atoms with Crippen LogP contribution in [-0.4, -0.2) is 113 Å². The van der Waals surface area contributed by atoms with Crippen molar-refractivity contribution in [1.29, 1.82) is 0 Å². The minimum Gasteiger partial charge on any atom is -0.481 e. The molecular formula is C38H55N13O9. The van der Waals surface area contributed by atoms with Crippen LogP contribution in [0, 0.1) is 5.92 Å². The zero-order valence-electron chi connectivity index (χ0n) is 33.8. The lowest BCUT2D eigenvalue weighted by Gasteiger charge is -2.32. The minimum absolute atomic E-state index is 0.0149. The molecule has 0 spiro atoms. The molecule has 2 bridgehead atoms. The lowest BCUT2D eigenvalue weighted by molar-refractivity contribution is -0.142. The molecule has 0 saturated heterocycles. The maximum atomic E-state index is 14.0. The van der Waals surface area contributed by atoms with E-state index < -0.39 is 72.5 Å². The van der Waals surface area contributed by atoms with Crippen LogP contribution in [0.4, 0.5) is 11.5 Å². The van der Waals surface area contributed by atoms with Gasteiger partial charge in [0, 0.05) is 50.6 Å². The highest BCUT2D eigenvalue weighted by Crippen LogP contribution is 2.19. The van der Waals surface area contributed by atoms with E-state index in [0.717, 1.165) is 4.90 Å². The van der Waals surface area contributed by atoms with E-state index in [4.69, 9.17) is 17.3 Å². The van der Waals surface area contributed by atoms with Crippen LogP contribution in [0.25, 0.3) is 0 Å². The second kappa shape index (κ2) is 23.5. The molecule has 326 valence electrons. The van der Waals surface area contributed by atoms with Gasteiger partial charge in [-0.1, -0.05) is 20.3 Å². The number of benzene rings is 1. The number of guanidine groups is 1. The molecule has 2 heterocycles. The second-order valence-electron chi connectivity index (χ2n) is 14.4. The van der Waals surface area contributed by atoms with E-state index in [2.05, 4.69) is 47.3 Å². The van der Waals surface area contributed by atoms with E-state index in [1.165, 1.54) is 31.4 Å². The number of carboxylic acid groups (broad SMARTS) is 1. The van der Waals surface area contributed by atoms with Crippen molar-refractivity contribution in [2.75, 3.05) is 37.4 Å². The first-order valence-electron chi connectivity index (χ1n) is 19.3. The van der Waals surface area contributed by atoms with Crippen molar-refractivity contribution in [2.45, 2.75) is 83.5 Å². The van der Waals surface area contributed by atoms with Crippen LogP contribution >= 0.6 is 0 Å². The number of nitrogens with one attached hydrogen (secondary N) is 7. The molecule has 0 saturated carbocycles. The molecule has 7 amide bonds. The SMILES string of the molecule is CC(C)[C@H]1NC(=O)c2cc(cc(NC(=O)CCCCCNC(=O)c3ccc(NN)nc3)c2)CNC(=O)[C@H](CC(=O)O)NC(=O)CNC(=O)[C@H](CCCN=C(N)N)N(C)C1=O. The number of aliphatic imine (C=N–C) groups is 1. The third-order valence-electron chi connectivity index (χ3n) is 9.27. The van der Waals surface area contributed by atoms with E-state index in [0.29, 0.717) is 42.8 Å². The number of pyridine rings is 1. The highest BCUT2D eigenvalue weighted by Gasteiger charge is 2.34. The lowest BCUT2D eigenvalue weighted by atomic mass is 9.99. The van der Waals surface area contributed by atoms with Crippen LogP contribution < -0.4 is 54.6 Å². The molecule has 1 aliphatic heterocycles. The Kier molecular flexibility index (Phi) is 18.6.